The molecule has 0 radical (unpaired) electrons. The summed E-state index contributed by atoms with van der Waals surface area (Å²) in [5, 5.41) is 7.49. The molecule has 9 heteroatoms. The Balaban J connectivity index is 1.26. The number of nitrogens with one attached hydrogen (secondary N) is 1. The quantitative estimate of drug-likeness (QED) is 0.653. The van der Waals surface area contributed by atoms with Gasteiger partial charge < -0.3 is 10.2 Å². The normalized spacial score (nSPS) is 22.8. The molecule has 2 fully saturated rings. The van der Waals surface area contributed by atoms with Gasteiger partial charge in [-0.3, -0.25) is 9.59 Å². The Morgan fingerprint density at radius 3 is 2.74 bits per heavy atom. The number of aromatic nitrogens is 1. The van der Waals surface area contributed by atoms with Crippen LogP contribution >= 0.6 is 11.3 Å². The Kier molecular flexibility index (Phi) is 5.02. The Hall–Kier alpha value is -2.78. The number of likely N-dealkylation sites (tertiary alicyclic amines) is 1. The molecule has 0 bridgehead atoms. The maximum absolute atomic E-state index is 12.7. The van der Waals surface area contributed by atoms with E-state index < -0.39 is 15.8 Å². The van der Waals surface area contributed by atoms with E-state index >= 15 is 0 Å². The van der Waals surface area contributed by atoms with E-state index in [1.165, 1.54) is 11.3 Å². The molecule has 2 aliphatic rings. The minimum absolute atomic E-state index is 0.00528. The number of anilines is 1. The van der Waals surface area contributed by atoms with E-state index in [9.17, 15) is 18.0 Å². The van der Waals surface area contributed by atoms with E-state index in [0.29, 0.717) is 11.6 Å². The van der Waals surface area contributed by atoms with Gasteiger partial charge in [0.25, 0.3) is 0 Å². The molecule has 0 spiro atoms. The summed E-state index contributed by atoms with van der Waals surface area (Å²) in [6, 6.07) is 13.9. The Labute approximate surface area is 184 Å². The number of nitrogens with zero attached hydrogens (tertiary/aromatic N) is 2. The number of carbonyl (C=O) groups excluding carboxylic acids is 2. The zero-order chi connectivity index (χ0) is 21.6. The van der Waals surface area contributed by atoms with E-state index in [4.69, 9.17) is 0 Å². The van der Waals surface area contributed by atoms with Crippen molar-refractivity contribution in [3.05, 3.63) is 47.8 Å². The highest BCUT2D eigenvalue weighted by molar-refractivity contribution is 7.91. The Morgan fingerprint density at radius 2 is 1.97 bits per heavy atom. The van der Waals surface area contributed by atoms with Gasteiger partial charge in [-0.2, -0.15) is 0 Å². The lowest BCUT2D eigenvalue weighted by atomic mass is 10.1. The number of thiazole rings is 1. The van der Waals surface area contributed by atoms with Gasteiger partial charge in [0, 0.05) is 30.0 Å². The molecule has 1 aromatic heterocycles. The van der Waals surface area contributed by atoms with Gasteiger partial charge >= 0.3 is 0 Å². The number of amides is 2. The standard InChI is InChI=1S/C22H21N3O4S2/c26-20-10-17(11-25(20)18-7-8-31(28,29)13-18)21(27)24-22-23-19(12-30-22)16-6-5-14-3-1-2-4-15(14)9-16/h1-6,9,12,17-18H,7-8,10-11,13H2,(H,23,24,27). The average Bonchev–Trinajstić information content (AvgIpc) is 3.46. The molecule has 0 aliphatic carbocycles. The van der Waals surface area contributed by atoms with Gasteiger partial charge in [0.05, 0.1) is 23.1 Å². The molecule has 2 aromatic carbocycles. The van der Waals surface area contributed by atoms with Crippen molar-refractivity contribution in [2.24, 2.45) is 5.92 Å². The van der Waals surface area contributed by atoms with Crippen molar-refractivity contribution in [2.45, 2.75) is 18.9 Å². The number of benzene rings is 2. The summed E-state index contributed by atoms with van der Waals surface area (Å²) in [4.78, 5) is 31.2. The lowest BCUT2D eigenvalue weighted by Crippen LogP contribution is -2.38. The van der Waals surface area contributed by atoms with E-state index in [0.717, 1.165) is 22.0 Å². The van der Waals surface area contributed by atoms with Crippen LogP contribution in [0.1, 0.15) is 12.8 Å². The lowest BCUT2D eigenvalue weighted by molar-refractivity contribution is -0.129. The van der Waals surface area contributed by atoms with Gasteiger partial charge in [-0.1, -0.05) is 36.4 Å². The van der Waals surface area contributed by atoms with Gasteiger partial charge in [0.15, 0.2) is 15.0 Å². The number of fused-ring (bicyclic) bond motifs is 1. The van der Waals surface area contributed by atoms with Crippen LogP contribution in [0.3, 0.4) is 0 Å². The second-order valence-electron chi connectivity index (χ2n) is 8.09. The van der Waals surface area contributed by atoms with Gasteiger partial charge in [0.2, 0.25) is 11.8 Å². The molecule has 2 saturated heterocycles. The number of rotatable bonds is 4. The van der Waals surface area contributed by atoms with Crippen molar-refractivity contribution in [2.75, 3.05) is 23.4 Å². The summed E-state index contributed by atoms with van der Waals surface area (Å²) in [5.41, 5.74) is 1.76. The van der Waals surface area contributed by atoms with Crippen molar-refractivity contribution in [3.63, 3.8) is 0 Å². The summed E-state index contributed by atoms with van der Waals surface area (Å²) in [5.74, 6) is -0.804. The highest BCUT2D eigenvalue weighted by atomic mass is 32.2. The Bertz CT molecular complexity index is 1280. The van der Waals surface area contributed by atoms with E-state index in [1.54, 1.807) is 4.90 Å². The smallest absolute Gasteiger partial charge is 0.231 e. The average molecular weight is 456 g/mol. The SMILES string of the molecule is O=C(Nc1nc(-c2ccc3ccccc3c2)cs1)C1CC(=O)N(C2CCS(=O)(=O)C2)C1. The number of hydrogen-bond donors (Lipinski definition) is 1. The van der Waals surface area contributed by atoms with Crippen molar-refractivity contribution in [1.82, 2.24) is 9.88 Å². The molecule has 31 heavy (non-hydrogen) atoms. The molecule has 3 heterocycles. The largest absolute Gasteiger partial charge is 0.338 e. The monoisotopic (exact) mass is 455 g/mol. The fourth-order valence-electron chi connectivity index (χ4n) is 4.30. The number of sulfone groups is 1. The van der Waals surface area contributed by atoms with Crippen LogP contribution in [-0.4, -0.2) is 54.2 Å². The molecular formula is C22H21N3O4S2. The lowest BCUT2D eigenvalue weighted by Gasteiger charge is -2.22. The third-order valence-corrected chi connectivity index (χ3v) is 8.47. The van der Waals surface area contributed by atoms with Crippen LogP contribution in [0, 0.1) is 5.92 Å². The first-order valence-corrected chi connectivity index (χ1v) is 12.8. The van der Waals surface area contributed by atoms with Crippen molar-refractivity contribution < 1.29 is 18.0 Å². The third kappa shape index (κ3) is 4.07. The summed E-state index contributed by atoms with van der Waals surface area (Å²) in [6.45, 7) is 0.258. The second-order valence-corrected chi connectivity index (χ2v) is 11.2. The maximum Gasteiger partial charge on any atom is 0.231 e. The highest BCUT2D eigenvalue weighted by Crippen LogP contribution is 2.30. The predicted octanol–water partition coefficient (Wildman–Crippen LogP) is 2.94. The molecule has 5 rings (SSSR count). The van der Waals surface area contributed by atoms with Crippen LogP contribution in [0.4, 0.5) is 5.13 Å². The van der Waals surface area contributed by atoms with Gasteiger partial charge in [-0.15, -0.1) is 11.3 Å². The van der Waals surface area contributed by atoms with Crippen LogP contribution in [0.25, 0.3) is 22.0 Å². The molecule has 3 aromatic rings. The third-order valence-electron chi connectivity index (χ3n) is 5.96. The molecular weight excluding hydrogens is 434 g/mol. The second kappa shape index (κ2) is 7.72. The van der Waals surface area contributed by atoms with Gasteiger partial charge in [-0.25, -0.2) is 13.4 Å². The zero-order valence-corrected chi connectivity index (χ0v) is 18.3. The fraction of sp³-hybridized carbons (Fsp3) is 0.318. The molecule has 7 nitrogen and oxygen atoms in total. The number of carbonyl (C=O) groups is 2. The Morgan fingerprint density at radius 1 is 1.16 bits per heavy atom. The summed E-state index contributed by atoms with van der Waals surface area (Å²) < 4.78 is 23.5. The van der Waals surface area contributed by atoms with Gasteiger partial charge in [-0.05, 0) is 23.3 Å². The fourth-order valence-corrected chi connectivity index (χ4v) is 6.75. The first kappa shape index (κ1) is 20.1. The molecule has 160 valence electrons. The molecule has 2 amide bonds. The first-order valence-electron chi connectivity index (χ1n) is 10.1. The predicted molar refractivity (Wildman–Crippen MR) is 121 cm³/mol. The van der Waals surface area contributed by atoms with E-state index in [-0.39, 0.29) is 42.3 Å². The topological polar surface area (TPSA) is 96.4 Å². The zero-order valence-electron chi connectivity index (χ0n) is 16.7. The van der Waals surface area contributed by atoms with Crippen LogP contribution in [0.15, 0.2) is 47.8 Å². The number of hydrogen-bond acceptors (Lipinski definition) is 6. The van der Waals surface area contributed by atoms with Crippen LogP contribution in [0.2, 0.25) is 0 Å². The summed E-state index contributed by atoms with van der Waals surface area (Å²) >= 11 is 1.34. The summed E-state index contributed by atoms with van der Waals surface area (Å²) in [7, 11) is -3.08. The highest BCUT2D eigenvalue weighted by Gasteiger charge is 2.42. The molecule has 0 saturated carbocycles. The molecule has 2 aliphatic heterocycles. The van der Waals surface area contributed by atoms with Crippen LogP contribution in [-0.2, 0) is 19.4 Å². The summed E-state index contributed by atoms with van der Waals surface area (Å²) in [6.07, 6.45) is 0.551. The first-order chi connectivity index (χ1) is 14.9. The van der Waals surface area contributed by atoms with Crippen LogP contribution in [0.5, 0.6) is 0 Å². The van der Waals surface area contributed by atoms with Crippen molar-refractivity contribution >= 4 is 48.9 Å². The van der Waals surface area contributed by atoms with E-state index in [2.05, 4.69) is 22.4 Å². The van der Waals surface area contributed by atoms with Crippen LogP contribution < -0.4 is 5.32 Å². The van der Waals surface area contributed by atoms with Gasteiger partial charge in [0.1, 0.15) is 0 Å². The minimum atomic E-state index is -3.08. The van der Waals surface area contributed by atoms with Crippen molar-refractivity contribution in [3.8, 4) is 11.3 Å². The molecule has 1 N–H and O–H groups in total. The molecule has 2 atom stereocenters. The minimum Gasteiger partial charge on any atom is -0.338 e. The maximum atomic E-state index is 12.7. The van der Waals surface area contributed by atoms with Crippen molar-refractivity contribution in [1.29, 1.82) is 0 Å². The molecule has 2 unspecified atom stereocenters. The van der Waals surface area contributed by atoms with E-state index in [1.807, 2.05) is 35.7 Å².